The van der Waals surface area contributed by atoms with E-state index in [0.717, 1.165) is 22.9 Å². The van der Waals surface area contributed by atoms with Gasteiger partial charge < -0.3 is 0 Å². The van der Waals surface area contributed by atoms with Gasteiger partial charge in [0.05, 0.1) is 0 Å². The second-order valence-electron chi connectivity index (χ2n) is 3.10. The summed E-state index contributed by atoms with van der Waals surface area (Å²) in [5.74, 6) is -0.138. The Kier molecular flexibility index (Phi) is 3.67. The Morgan fingerprint density at radius 2 is 2.23 bits per heavy atom. The van der Waals surface area contributed by atoms with Crippen molar-refractivity contribution in [3.05, 3.63) is 46.2 Å². The maximum atomic E-state index is 12.9. The van der Waals surface area contributed by atoms with Gasteiger partial charge in [0, 0.05) is 0 Å². The van der Waals surface area contributed by atoms with Crippen LogP contribution < -0.4 is 0 Å². The molecule has 2 heteroatoms. The van der Waals surface area contributed by atoms with Gasteiger partial charge in [0.1, 0.15) is 5.82 Å². The maximum absolute atomic E-state index is 12.9. The van der Waals surface area contributed by atoms with E-state index in [2.05, 4.69) is 22.5 Å². The van der Waals surface area contributed by atoms with Gasteiger partial charge in [-0.3, -0.25) is 0 Å². The Labute approximate surface area is 86.6 Å². The lowest BCUT2D eigenvalue weighted by molar-refractivity contribution is 0.617. The molecule has 70 valence electrons. The molecular formula is C11H12BrF. The normalized spacial score (nSPS) is 10.1. The molecule has 0 spiro atoms. The van der Waals surface area contributed by atoms with E-state index in [9.17, 15) is 4.39 Å². The van der Waals surface area contributed by atoms with Crippen molar-refractivity contribution in [1.82, 2.24) is 0 Å². The topological polar surface area (TPSA) is 0 Å². The molecule has 0 unspecified atom stereocenters. The van der Waals surface area contributed by atoms with Crippen molar-refractivity contribution in [3.8, 4) is 0 Å². The molecule has 0 radical (unpaired) electrons. The van der Waals surface area contributed by atoms with Gasteiger partial charge in [-0.05, 0) is 41.4 Å². The molecule has 1 rings (SSSR count). The Morgan fingerprint density at radius 1 is 1.54 bits per heavy atom. The maximum Gasteiger partial charge on any atom is 0.126 e. The highest BCUT2D eigenvalue weighted by Crippen LogP contribution is 2.15. The SMILES string of the molecule is C=C(Br)CCc1ccc(F)c(C)c1. The van der Waals surface area contributed by atoms with Gasteiger partial charge in [0.2, 0.25) is 0 Å². The van der Waals surface area contributed by atoms with Crippen LogP contribution in [0.2, 0.25) is 0 Å². The smallest absolute Gasteiger partial charge is 0.126 e. The molecule has 1 aromatic carbocycles. The van der Waals surface area contributed by atoms with Gasteiger partial charge in [-0.25, -0.2) is 4.39 Å². The van der Waals surface area contributed by atoms with Crippen molar-refractivity contribution < 1.29 is 4.39 Å². The highest BCUT2D eigenvalue weighted by molar-refractivity contribution is 9.11. The molecule has 0 aromatic heterocycles. The first-order chi connectivity index (χ1) is 6.09. The Balaban J connectivity index is 2.68. The largest absolute Gasteiger partial charge is 0.207 e. The lowest BCUT2D eigenvalue weighted by Gasteiger charge is -2.02. The third-order valence-electron chi connectivity index (χ3n) is 1.91. The lowest BCUT2D eigenvalue weighted by Crippen LogP contribution is -1.88. The number of hydrogen-bond acceptors (Lipinski definition) is 0. The zero-order chi connectivity index (χ0) is 9.84. The second-order valence-corrected chi connectivity index (χ2v) is 4.22. The summed E-state index contributed by atoms with van der Waals surface area (Å²) in [6.07, 6.45) is 1.80. The zero-order valence-corrected chi connectivity index (χ0v) is 9.20. The fourth-order valence-corrected chi connectivity index (χ4v) is 1.34. The fraction of sp³-hybridized carbons (Fsp3) is 0.273. The van der Waals surface area contributed by atoms with Crippen molar-refractivity contribution in [2.75, 3.05) is 0 Å². The molecule has 0 bridgehead atoms. The molecule has 0 aliphatic rings. The van der Waals surface area contributed by atoms with Gasteiger partial charge >= 0.3 is 0 Å². The summed E-state index contributed by atoms with van der Waals surface area (Å²) >= 11 is 3.30. The third kappa shape index (κ3) is 3.31. The van der Waals surface area contributed by atoms with E-state index in [-0.39, 0.29) is 5.82 Å². The van der Waals surface area contributed by atoms with E-state index >= 15 is 0 Å². The van der Waals surface area contributed by atoms with E-state index in [1.807, 2.05) is 12.1 Å². The van der Waals surface area contributed by atoms with Crippen molar-refractivity contribution in [2.24, 2.45) is 0 Å². The molecular weight excluding hydrogens is 231 g/mol. The summed E-state index contributed by atoms with van der Waals surface area (Å²) < 4.78 is 13.9. The number of aryl methyl sites for hydroxylation is 2. The summed E-state index contributed by atoms with van der Waals surface area (Å²) in [7, 11) is 0. The van der Waals surface area contributed by atoms with Gasteiger partial charge in [-0.2, -0.15) is 0 Å². The molecule has 0 fully saturated rings. The average molecular weight is 243 g/mol. The summed E-state index contributed by atoms with van der Waals surface area (Å²) in [6, 6.07) is 5.21. The number of rotatable bonds is 3. The van der Waals surface area contributed by atoms with E-state index in [0.29, 0.717) is 5.56 Å². The molecule has 0 aliphatic heterocycles. The van der Waals surface area contributed by atoms with Crippen LogP contribution in [0.25, 0.3) is 0 Å². The fourth-order valence-electron chi connectivity index (χ4n) is 1.14. The van der Waals surface area contributed by atoms with Crippen LogP contribution in [0.1, 0.15) is 17.5 Å². The summed E-state index contributed by atoms with van der Waals surface area (Å²) in [5.41, 5.74) is 1.86. The number of hydrogen-bond donors (Lipinski definition) is 0. The predicted octanol–water partition coefficient (Wildman–Crippen LogP) is 3.98. The van der Waals surface area contributed by atoms with Crippen LogP contribution in [-0.4, -0.2) is 0 Å². The van der Waals surface area contributed by atoms with Gasteiger partial charge in [-0.15, -0.1) is 0 Å². The molecule has 0 atom stereocenters. The Morgan fingerprint density at radius 3 is 2.77 bits per heavy atom. The second kappa shape index (κ2) is 4.56. The molecule has 0 saturated carbocycles. The van der Waals surface area contributed by atoms with Crippen LogP contribution in [0.5, 0.6) is 0 Å². The number of allylic oxidation sites excluding steroid dienone is 1. The van der Waals surface area contributed by atoms with Crippen LogP contribution >= 0.6 is 15.9 Å². The van der Waals surface area contributed by atoms with Gasteiger partial charge in [-0.1, -0.05) is 34.6 Å². The standard InChI is InChI=1S/C11H12BrF/c1-8-7-10(4-3-9(2)12)5-6-11(8)13/h5-7H,2-4H2,1H3. The first-order valence-electron chi connectivity index (χ1n) is 4.18. The van der Waals surface area contributed by atoms with Crippen molar-refractivity contribution >= 4 is 15.9 Å². The van der Waals surface area contributed by atoms with Crippen LogP contribution in [-0.2, 0) is 6.42 Å². The Bertz CT molecular complexity index is 318. The molecule has 0 saturated heterocycles. The molecule has 13 heavy (non-hydrogen) atoms. The predicted molar refractivity (Wildman–Crippen MR) is 57.5 cm³/mol. The third-order valence-corrected chi connectivity index (χ3v) is 2.30. The number of benzene rings is 1. The quantitative estimate of drug-likeness (QED) is 0.753. The molecule has 0 amide bonds. The minimum atomic E-state index is -0.138. The van der Waals surface area contributed by atoms with Crippen LogP contribution in [0.15, 0.2) is 29.3 Å². The van der Waals surface area contributed by atoms with Crippen LogP contribution in [0, 0.1) is 12.7 Å². The van der Waals surface area contributed by atoms with E-state index < -0.39 is 0 Å². The minimum absolute atomic E-state index is 0.138. The van der Waals surface area contributed by atoms with E-state index in [1.54, 1.807) is 6.92 Å². The summed E-state index contributed by atoms with van der Waals surface area (Å²) in [4.78, 5) is 0. The van der Waals surface area contributed by atoms with Crippen molar-refractivity contribution in [3.63, 3.8) is 0 Å². The van der Waals surface area contributed by atoms with Crippen molar-refractivity contribution in [1.29, 1.82) is 0 Å². The average Bonchev–Trinajstić information content (AvgIpc) is 2.07. The van der Waals surface area contributed by atoms with Crippen LogP contribution in [0.3, 0.4) is 0 Å². The van der Waals surface area contributed by atoms with Gasteiger partial charge in [0.15, 0.2) is 0 Å². The molecule has 0 N–H and O–H groups in total. The first-order valence-corrected chi connectivity index (χ1v) is 4.97. The number of halogens is 2. The lowest BCUT2D eigenvalue weighted by atomic mass is 10.1. The monoisotopic (exact) mass is 242 g/mol. The zero-order valence-electron chi connectivity index (χ0n) is 7.61. The highest BCUT2D eigenvalue weighted by Gasteiger charge is 1.99. The molecule has 1 aromatic rings. The minimum Gasteiger partial charge on any atom is -0.207 e. The van der Waals surface area contributed by atoms with Crippen LogP contribution in [0.4, 0.5) is 4.39 Å². The van der Waals surface area contributed by atoms with Gasteiger partial charge in [0.25, 0.3) is 0 Å². The summed E-state index contributed by atoms with van der Waals surface area (Å²) in [5, 5.41) is 0. The van der Waals surface area contributed by atoms with E-state index in [1.165, 1.54) is 6.07 Å². The van der Waals surface area contributed by atoms with Crippen molar-refractivity contribution in [2.45, 2.75) is 19.8 Å². The first kappa shape index (κ1) is 10.5. The Hall–Kier alpha value is -0.630. The van der Waals surface area contributed by atoms with E-state index in [4.69, 9.17) is 0 Å². The molecule has 0 nitrogen and oxygen atoms in total. The summed E-state index contributed by atoms with van der Waals surface area (Å²) in [6.45, 7) is 5.53. The highest BCUT2D eigenvalue weighted by atomic mass is 79.9. The molecule has 0 aliphatic carbocycles. The molecule has 0 heterocycles.